The first-order chi connectivity index (χ1) is 13.6. The number of Topliss-reactive ketones (excluding diaryl/α,β-unsaturated/α-hetero) is 1. The van der Waals surface area contributed by atoms with Crippen molar-refractivity contribution in [1.82, 2.24) is 0 Å². The molecule has 28 heavy (non-hydrogen) atoms. The Hall–Kier alpha value is -2.38. The molecule has 2 aromatic rings. The fourth-order valence-corrected chi connectivity index (χ4v) is 5.36. The van der Waals surface area contributed by atoms with Crippen molar-refractivity contribution < 1.29 is 24.0 Å². The van der Waals surface area contributed by atoms with Crippen molar-refractivity contribution in [2.24, 2.45) is 5.92 Å². The largest absolute Gasteiger partial charge is 0.454 e. The highest BCUT2D eigenvalue weighted by Crippen LogP contribution is 2.42. The topological polar surface area (TPSA) is 69.1 Å². The van der Waals surface area contributed by atoms with E-state index in [4.69, 9.17) is 9.47 Å². The van der Waals surface area contributed by atoms with Gasteiger partial charge in [-0.05, 0) is 37.3 Å². The zero-order chi connectivity index (χ0) is 19.3. The number of carbonyl (C=O) groups is 2. The molecule has 6 nitrogen and oxygen atoms in total. The van der Waals surface area contributed by atoms with Gasteiger partial charge in [-0.25, -0.2) is 0 Å². The van der Waals surface area contributed by atoms with Gasteiger partial charge in [0, 0.05) is 34.4 Å². The monoisotopic (exact) mass is 399 g/mol. The Labute approximate surface area is 167 Å². The third-order valence-electron chi connectivity index (χ3n) is 5.88. The van der Waals surface area contributed by atoms with Crippen LogP contribution < -0.4 is 19.7 Å². The molecule has 0 radical (unpaired) electrons. The number of amides is 1. The second kappa shape index (κ2) is 6.90. The molecule has 1 fully saturated rings. The molecule has 1 aromatic heterocycles. The molecule has 0 saturated heterocycles. The Balaban J connectivity index is 1.35. The van der Waals surface area contributed by atoms with Crippen molar-refractivity contribution in [3.05, 3.63) is 39.6 Å². The van der Waals surface area contributed by atoms with Crippen LogP contribution in [0.2, 0.25) is 0 Å². The molecule has 1 unspecified atom stereocenters. The lowest BCUT2D eigenvalue weighted by Gasteiger charge is -2.32. The fraction of sp³-hybridized carbons (Fsp3) is 0.429. The molecule has 2 aliphatic heterocycles. The average molecular weight is 399 g/mol. The third kappa shape index (κ3) is 3.18. The molecular formula is C21H23N2O4S+. The second-order valence-corrected chi connectivity index (χ2v) is 8.81. The van der Waals surface area contributed by atoms with Crippen LogP contribution in [0.4, 0.5) is 5.69 Å². The maximum Gasteiger partial charge on any atom is 0.279 e. The van der Waals surface area contributed by atoms with Crippen LogP contribution in [-0.2, 0) is 11.2 Å². The van der Waals surface area contributed by atoms with Crippen LogP contribution in [0.1, 0.15) is 46.6 Å². The second-order valence-electron chi connectivity index (χ2n) is 7.80. The van der Waals surface area contributed by atoms with E-state index in [1.807, 2.05) is 11.3 Å². The van der Waals surface area contributed by atoms with Gasteiger partial charge < -0.3 is 19.7 Å². The van der Waals surface area contributed by atoms with Gasteiger partial charge in [0.1, 0.15) is 6.04 Å². The predicted octanol–water partition coefficient (Wildman–Crippen LogP) is 2.21. The Morgan fingerprint density at radius 1 is 1.25 bits per heavy atom. The van der Waals surface area contributed by atoms with Crippen molar-refractivity contribution in [3.63, 3.8) is 0 Å². The van der Waals surface area contributed by atoms with Gasteiger partial charge in [-0.1, -0.05) is 0 Å². The van der Waals surface area contributed by atoms with Gasteiger partial charge in [0.15, 0.2) is 23.8 Å². The molecule has 3 heterocycles. The summed E-state index contributed by atoms with van der Waals surface area (Å²) in [5, 5.41) is 5.13. The first-order valence-electron chi connectivity index (χ1n) is 9.75. The van der Waals surface area contributed by atoms with Crippen LogP contribution in [0.3, 0.4) is 0 Å². The number of hydrogen-bond donors (Lipinski definition) is 2. The number of fused-ring (bicyclic) bond motifs is 2. The van der Waals surface area contributed by atoms with Gasteiger partial charge in [-0.3, -0.25) is 9.59 Å². The number of carbonyl (C=O) groups excluding carboxylic acids is 2. The SMILES string of the molecule is CC(=O)c1cc2c(cc1NC(=O)C[NH+]1CCc3sccc3[C@@H]1C1CC1)OCO2. The molecule has 2 N–H and O–H groups in total. The first kappa shape index (κ1) is 17.7. The van der Waals surface area contributed by atoms with Crippen LogP contribution in [0.25, 0.3) is 0 Å². The fourth-order valence-electron chi connectivity index (χ4n) is 4.43. The Morgan fingerprint density at radius 3 is 2.79 bits per heavy atom. The summed E-state index contributed by atoms with van der Waals surface area (Å²) in [6, 6.07) is 6.01. The van der Waals surface area contributed by atoms with Gasteiger partial charge in [-0.15, -0.1) is 11.3 Å². The maximum atomic E-state index is 12.9. The molecule has 5 rings (SSSR count). The van der Waals surface area contributed by atoms with Crippen LogP contribution in [-0.4, -0.2) is 31.6 Å². The number of quaternary nitrogens is 1. The molecule has 1 saturated carbocycles. The standard InChI is InChI=1S/C21H22N2O4S/c1-12(24)15-8-17-18(27-11-26-17)9-16(15)22-20(25)10-23-6-4-19-14(5-7-28-19)21(23)13-2-3-13/h5,7-9,13,21H,2-4,6,10-11H2,1H3,(H,22,25)/p+1/t21-/m0/s1. The minimum absolute atomic E-state index is 0.0688. The van der Waals surface area contributed by atoms with Crippen molar-refractivity contribution in [1.29, 1.82) is 0 Å². The summed E-state index contributed by atoms with van der Waals surface area (Å²) in [6.07, 6.45) is 3.53. The third-order valence-corrected chi connectivity index (χ3v) is 6.87. The molecule has 1 aliphatic carbocycles. The van der Waals surface area contributed by atoms with E-state index in [1.54, 1.807) is 12.1 Å². The number of thiophene rings is 1. The molecule has 1 amide bonds. The van der Waals surface area contributed by atoms with Crippen molar-refractivity contribution >= 4 is 28.7 Å². The number of hydrogen-bond acceptors (Lipinski definition) is 5. The van der Waals surface area contributed by atoms with E-state index in [2.05, 4.69) is 16.8 Å². The molecule has 3 aliphatic rings. The number of ketones is 1. The summed E-state index contributed by atoms with van der Waals surface area (Å²) in [6.45, 7) is 3.00. The minimum atomic E-state index is -0.113. The molecule has 146 valence electrons. The Kier molecular flexibility index (Phi) is 4.36. The minimum Gasteiger partial charge on any atom is -0.454 e. The Morgan fingerprint density at radius 2 is 2.04 bits per heavy atom. The molecule has 2 atom stereocenters. The molecular weight excluding hydrogens is 376 g/mol. The van der Waals surface area contributed by atoms with E-state index in [9.17, 15) is 9.59 Å². The highest BCUT2D eigenvalue weighted by Gasteiger charge is 2.43. The normalized spacial score (nSPS) is 22.6. The van der Waals surface area contributed by atoms with Crippen molar-refractivity contribution in [2.75, 3.05) is 25.2 Å². The van der Waals surface area contributed by atoms with Gasteiger partial charge in [0.05, 0.1) is 12.2 Å². The molecule has 7 heteroatoms. The van der Waals surface area contributed by atoms with Crippen LogP contribution in [0.5, 0.6) is 11.5 Å². The summed E-state index contributed by atoms with van der Waals surface area (Å²) in [4.78, 5) is 27.7. The first-order valence-corrected chi connectivity index (χ1v) is 10.6. The molecule has 1 aromatic carbocycles. The average Bonchev–Trinajstić information content (AvgIpc) is 3.20. The summed E-state index contributed by atoms with van der Waals surface area (Å²) < 4.78 is 10.8. The zero-order valence-electron chi connectivity index (χ0n) is 15.7. The summed E-state index contributed by atoms with van der Waals surface area (Å²) in [5.41, 5.74) is 2.39. The van der Waals surface area contributed by atoms with E-state index >= 15 is 0 Å². The number of anilines is 1. The highest BCUT2D eigenvalue weighted by atomic mass is 32.1. The van der Waals surface area contributed by atoms with E-state index in [0.29, 0.717) is 41.3 Å². The van der Waals surface area contributed by atoms with Crippen molar-refractivity contribution in [2.45, 2.75) is 32.2 Å². The van der Waals surface area contributed by atoms with Crippen LogP contribution >= 0.6 is 11.3 Å². The quantitative estimate of drug-likeness (QED) is 0.757. The highest BCUT2D eigenvalue weighted by molar-refractivity contribution is 7.10. The predicted molar refractivity (Wildman–Crippen MR) is 105 cm³/mol. The van der Waals surface area contributed by atoms with Gasteiger partial charge in [0.2, 0.25) is 6.79 Å². The van der Waals surface area contributed by atoms with Crippen molar-refractivity contribution in [3.8, 4) is 11.5 Å². The number of benzene rings is 1. The van der Waals surface area contributed by atoms with Gasteiger partial charge >= 0.3 is 0 Å². The number of rotatable bonds is 5. The molecule has 0 bridgehead atoms. The van der Waals surface area contributed by atoms with E-state index in [1.165, 1.54) is 35.1 Å². The van der Waals surface area contributed by atoms with E-state index < -0.39 is 0 Å². The summed E-state index contributed by atoms with van der Waals surface area (Å²) in [5.74, 6) is 1.61. The maximum absolute atomic E-state index is 12.9. The zero-order valence-corrected chi connectivity index (χ0v) is 16.6. The van der Waals surface area contributed by atoms with Crippen LogP contribution in [0, 0.1) is 5.92 Å². The lowest BCUT2D eigenvalue weighted by molar-refractivity contribution is -0.928. The van der Waals surface area contributed by atoms with Gasteiger partial charge in [-0.2, -0.15) is 0 Å². The Bertz CT molecular complexity index is 950. The lowest BCUT2D eigenvalue weighted by atomic mass is 9.96. The van der Waals surface area contributed by atoms with Gasteiger partial charge in [0.25, 0.3) is 5.91 Å². The smallest absolute Gasteiger partial charge is 0.279 e. The summed E-state index contributed by atoms with van der Waals surface area (Å²) in [7, 11) is 0. The number of nitrogens with one attached hydrogen (secondary N) is 2. The lowest BCUT2D eigenvalue weighted by Crippen LogP contribution is -3.14. The summed E-state index contributed by atoms with van der Waals surface area (Å²) >= 11 is 1.84. The van der Waals surface area contributed by atoms with Crippen LogP contribution in [0.15, 0.2) is 23.6 Å². The van der Waals surface area contributed by atoms with E-state index in [0.717, 1.165) is 13.0 Å². The molecule has 0 spiro atoms. The number of ether oxygens (including phenoxy) is 2. The van der Waals surface area contributed by atoms with E-state index in [-0.39, 0.29) is 18.5 Å².